The summed E-state index contributed by atoms with van der Waals surface area (Å²) in [6.07, 6.45) is 0.980. The summed E-state index contributed by atoms with van der Waals surface area (Å²) in [5.74, 6) is 0.221. The lowest BCUT2D eigenvalue weighted by atomic mass is 10.2. The van der Waals surface area contributed by atoms with Crippen LogP contribution < -0.4 is 15.8 Å². The van der Waals surface area contributed by atoms with Crippen molar-refractivity contribution in [1.82, 2.24) is 5.32 Å². The molecule has 0 saturated heterocycles. The number of guanidine groups is 1. The fourth-order valence-corrected chi connectivity index (χ4v) is 1.29. The quantitative estimate of drug-likeness (QED) is 0.477. The summed E-state index contributed by atoms with van der Waals surface area (Å²) in [5.41, 5.74) is 6.38. The van der Waals surface area contributed by atoms with Crippen LogP contribution in [-0.4, -0.2) is 19.6 Å². The van der Waals surface area contributed by atoms with E-state index in [9.17, 15) is 4.39 Å². The van der Waals surface area contributed by atoms with Crippen LogP contribution >= 0.6 is 24.0 Å². The number of hydrogen-bond acceptors (Lipinski definition) is 2. The van der Waals surface area contributed by atoms with Crippen LogP contribution in [0, 0.1) is 5.82 Å². The fourth-order valence-electron chi connectivity index (χ4n) is 1.29. The van der Waals surface area contributed by atoms with E-state index in [1.807, 2.05) is 6.92 Å². The Hall–Kier alpha value is -1.05. The molecule has 102 valence electrons. The van der Waals surface area contributed by atoms with Gasteiger partial charge in [-0.05, 0) is 24.1 Å². The number of nitrogens with two attached hydrogens (primary N) is 1. The van der Waals surface area contributed by atoms with Crippen molar-refractivity contribution >= 4 is 29.9 Å². The molecule has 3 N–H and O–H groups in total. The largest absolute Gasteiger partial charge is 0.494 e. The lowest BCUT2D eigenvalue weighted by Gasteiger charge is -2.05. The highest BCUT2D eigenvalue weighted by molar-refractivity contribution is 14.0. The molecule has 0 spiro atoms. The Morgan fingerprint density at radius 2 is 2.22 bits per heavy atom. The Balaban J connectivity index is 0.00000289. The minimum Gasteiger partial charge on any atom is -0.494 e. The molecule has 18 heavy (non-hydrogen) atoms. The van der Waals surface area contributed by atoms with Crippen molar-refractivity contribution in [2.45, 2.75) is 19.9 Å². The van der Waals surface area contributed by atoms with Gasteiger partial charge in [-0.25, -0.2) is 9.38 Å². The topological polar surface area (TPSA) is 59.6 Å². The van der Waals surface area contributed by atoms with Gasteiger partial charge in [0.2, 0.25) is 0 Å². The molecule has 1 aromatic rings. The van der Waals surface area contributed by atoms with Crippen LogP contribution in [-0.2, 0) is 6.54 Å². The molecule has 0 saturated carbocycles. The number of rotatable bonds is 5. The summed E-state index contributed by atoms with van der Waals surface area (Å²) in [4.78, 5) is 4.10. The predicted molar refractivity (Wildman–Crippen MR) is 82.0 cm³/mol. The third-order valence-electron chi connectivity index (χ3n) is 2.20. The molecule has 0 radical (unpaired) electrons. The summed E-state index contributed by atoms with van der Waals surface area (Å²) in [6.45, 7) is 3.18. The molecule has 0 atom stereocenters. The molecule has 0 aromatic heterocycles. The van der Waals surface area contributed by atoms with Gasteiger partial charge in [-0.2, -0.15) is 0 Å². The van der Waals surface area contributed by atoms with E-state index in [1.54, 1.807) is 12.1 Å². The van der Waals surface area contributed by atoms with Crippen molar-refractivity contribution in [3.63, 3.8) is 0 Å². The second-order valence-electron chi connectivity index (χ2n) is 3.60. The van der Waals surface area contributed by atoms with Gasteiger partial charge < -0.3 is 15.8 Å². The maximum atomic E-state index is 13.4. The molecule has 0 heterocycles. The molecule has 0 aliphatic heterocycles. The number of ether oxygens (including phenoxy) is 1. The van der Waals surface area contributed by atoms with Gasteiger partial charge in [-0.3, -0.25) is 0 Å². The van der Waals surface area contributed by atoms with E-state index < -0.39 is 0 Å². The maximum Gasteiger partial charge on any atom is 0.188 e. The molecule has 0 fully saturated rings. The Morgan fingerprint density at radius 3 is 2.78 bits per heavy atom. The van der Waals surface area contributed by atoms with Crippen LogP contribution in [0.25, 0.3) is 0 Å². The van der Waals surface area contributed by atoms with Gasteiger partial charge >= 0.3 is 0 Å². The predicted octanol–water partition coefficient (Wildman–Crippen LogP) is 2.27. The Labute approximate surface area is 124 Å². The van der Waals surface area contributed by atoms with Crippen molar-refractivity contribution < 1.29 is 9.13 Å². The van der Waals surface area contributed by atoms with E-state index in [-0.39, 0.29) is 35.5 Å². The molecule has 0 unspecified atom stereocenters. The first kappa shape index (κ1) is 16.9. The van der Waals surface area contributed by atoms with Crippen LogP contribution in [0.3, 0.4) is 0 Å². The molecule has 0 amide bonds. The highest BCUT2D eigenvalue weighted by Crippen LogP contribution is 2.17. The van der Waals surface area contributed by atoms with Gasteiger partial charge in [0.1, 0.15) is 0 Å². The number of nitrogens with one attached hydrogen (secondary N) is 1. The number of hydrogen-bond donors (Lipinski definition) is 2. The second kappa shape index (κ2) is 8.96. The van der Waals surface area contributed by atoms with Crippen LogP contribution in [0.4, 0.5) is 4.39 Å². The normalized spacial score (nSPS) is 10.7. The van der Waals surface area contributed by atoms with Gasteiger partial charge in [0.05, 0.1) is 13.7 Å². The zero-order chi connectivity index (χ0) is 12.7. The van der Waals surface area contributed by atoms with Crippen LogP contribution in [0.15, 0.2) is 23.2 Å². The summed E-state index contributed by atoms with van der Waals surface area (Å²) < 4.78 is 18.2. The standard InChI is InChI=1S/C12H18FN3O.HI/c1-3-6-15-12(14)16-8-9-4-5-11(17-2)10(13)7-9;/h4-5,7H,3,6,8H2,1-2H3,(H3,14,15,16);1H. The summed E-state index contributed by atoms with van der Waals surface area (Å²) in [5, 5.41) is 2.95. The highest BCUT2D eigenvalue weighted by Gasteiger charge is 2.02. The van der Waals surface area contributed by atoms with Gasteiger partial charge in [-0.15, -0.1) is 24.0 Å². The minimum absolute atomic E-state index is 0. The number of benzene rings is 1. The average Bonchev–Trinajstić information content (AvgIpc) is 2.34. The van der Waals surface area contributed by atoms with E-state index in [0.717, 1.165) is 18.5 Å². The molecule has 0 bridgehead atoms. The van der Waals surface area contributed by atoms with E-state index in [2.05, 4.69) is 10.3 Å². The van der Waals surface area contributed by atoms with Crippen LogP contribution in [0.2, 0.25) is 0 Å². The molecule has 1 aromatic carbocycles. The average molecular weight is 367 g/mol. The summed E-state index contributed by atoms with van der Waals surface area (Å²) in [7, 11) is 1.43. The molecule has 0 aliphatic carbocycles. The van der Waals surface area contributed by atoms with Crippen molar-refractivity contribution in [2.75, 3.05) is 13.7 Å². The number of nitrogens with zero attached hydrogens (tertiary/aromatic N) is 1. The molecular weight excluding hydrogens is 348 g/mol. The smallest absolute Gasteiger partial charge is 0.188 e. The third kappa shape index (κ3) is 5.52. The lowest BCUT2D eigenvalue weighted by Crippen LogP contribution is -2.32. The first-order valence-electron chi connectivity index (χ1n) is 5.53. The van der Waals surface area contributed by atoms with Crippen LogP contribution in [0.1, 0.15) is 18.9 Å². The van der Waals surface area contributed by atoms with E-state index in [4.69, 9.17) is 10.5 Å². The summed E-state index contributed by atoms with van der Waals surface area (Å²) >= 11 is 0. The molecule has 1 rings (SSSR count). The molecule has 4 nitrogen and oxygen atoms in total. The van der Waals surface area contributed by atoms with Gasteiger partial charge in [-0.1, -0.05) is 13.0 Å². The molecular formula is C12H19FIN3O. The molecule has 6 heteroatoms. The number of aliphatic imine (C=N–C) groups is 1. The lowest BCUT2D eigenvalue weighted by molar-refractivity contribution is 0.386. The monoisotopic (exact) mass is 367 g/mol. The number of halogens is 2. The van der Waals surface area contributed by atoms with Crippen LogP contribution in [0.5, 0.6) is 5.75 Å². The van der Waals surface area contributed by atoms with E-state index in [0.29, 0.717) is 12.5 Å². The van der Waals surface area contributed by atoms with Crippen molar-refractivity contribution in [3.8, 4) is 5.75 Å². The third-order valence-corrected chi connectivity index (χ3v) is 2.20. The zero-order valence-corrected chi connectivity index (χ0v) is 12.9. The van der Waals surface area contributed by atoms with Gasteiger partial charge in [0.25, 0.3) is 0 Å². The van der Waals surface area contributed by atoms with Crippen molar-refractivity contribution in [3.05, 3.63) is 29.6 Å². The Kier molecular flexibility index (Phi) is 8.43. The fraction of sp³-hybridized carbons (Fsp3) is 0.417. The Morgan fingerprint density at radius 1 is 1.50 bits per heavy atom. The second-order valence-corrected chi connectivity index (χ2v) is 3.60. The zero-order valence-electron chi connectivity index (χ0n) is 10.6. The highest BCUT2D eigenvalue weighted by atomic mass is 127. The Bertz CT molecular complexity index is 399. The van der Waals surface area contributed by atoms with Gasteiger partial charge in [0, 0.05) is 6.54 Å². The van der Waals surface area contributed by atoms with E-state index >= 15 is 0 Å². The van der Waals surface area contributed by atoms with Gasteiger partial charge in [0.15, 0.2) is 17.5 Å². The SMILES string of the molecule is CCCNC(N)=NCc1ccc(OC)c(F)c1.I. The minimum atomic E-state index is -0.389. The maximum absolute atomic E-state index is 13.4. The number of methoxy groups -OCH3 is 1. The first-order valence-corrected chi connectivity index (χ1v) is 5.53. The van der Waals surface area contributed by atoms with E-state index in [1.165, 1.54) is 13.2 Å². The first-order chi connectivity index (χ1) is 8.17. The van der Waals surface area contributed by atoms with Crippen molar-refractivity contribution in [2.24, 2.45) is 10.7 Å². The molecule has 0 aliphatic rings. The summed E-state index contributed by atoms with van der Waals surface area (Å²) in [6, 6.07) is 4.74. The van der Waals surface area contributed by atoms with Crippen molar-refractivity contribution in [1.29, 1.82) is 0 Å².